The minimum Gasteiger partial charge on any atom is -0.497 e. The van der Waals surface area contributed by atoms with Crippen LogP contribution in [0.2, 0.25) is 19.6 Å². The number of carbonyl (C=O) groups is 2. The van der Waals surface area contributed by atoms with Gasteiger partial charge in [0.05, 0.1) is 21.1 Å². The Morgan fingerprint density at radius 3 is 2.12 bits per heavy atom. The maximum atomic E-state index is 13.3. The van der Waals surface area contributed by atoms with Crippen LogP contribution in [0.15, 0.2) is 65.3 Å². The first-order valence-electron chi connectivity index (χ1n) is 10.8. The smallest absolute Gasteiger partial charge is 0.251 e. The van der Waals surface area contributed by atoms with Gasteiger partial charge in [-0.05, 0) is 48.5 Å². The second-order valence-corrected chi connectivity index (χ2v) is 13.9. The van der Waals surface area contributed by atoms with Crippen molar-refractivity contribution in [3.8, 4) is 5.75 Å². The minimum atomic E-state index is -1.44. The van der Waals surface area contributed by atoms with E-state index in [0.29, 0.717) is 22.6 Å². The molecule has 2 atom stereocenters. The van der Waals surface area contributed by atoms with E-state index in [2.05, 4.69) is 35.3 Å². The van der Waals surface area contributed by atoms with Crippen molar-refractivity contribution in [1.29, 1.82) is 0 Å². The molecule has 0 radical (unpaired) electrons. The second-order valence-electron chi connectivity index (χ2n) is 8.81. The van der Waals surface area contributed by atoms with Gasteiger partial charge in [-0.3, -0.25) is 14.6 Å². The first-order valence-corrected chi connectivity index (χ1v) is 14.3. The van der Waals surface area contributed by atoms with Crippen LogP contribution < -0.4 is 26.3 Å². The summed E-state index contributed by atoms with van der Waals surface area (Å²) in [6.45, 7) is 8.52. The average Bonchev–Trinajstić information content (AvgIpc) is 2.80. The lowest BCUT2D eigenvalue weighted by Crippen LogP contribution is -2.40. The van der Waals surface area contributed by atoms with Gasteiger partial charge in [0.2, 0.25) is 5.91 Å². The molecular weight excluding hydrogens is 432 g/mol. The molecule has 2 aromatic rings. The van der Waals surface area contributed by atoms with Crippen molar-refractivity contribution in [2.45, 2.75) is 32.6 Å². The Morgan fingerprint density at radius 2 is 1.64 bits per heavy atom. The lowest BCUT2D eigenvalue weighted by Gasteiger charge is -2.22. The van der Waals surface area contributed by atoms with Crippen LogP contribution in [-0.4, -0.2) is 40.3 Å². The normalized spacial score (nSPS) is 13.9. The van der Waals surface area contributed by atoms with E-state index in [1.807, 2.05) is 24.3 Å². The summed E-state index contributed by atoms with van der Waals surface area (Å²) < 4.78 is 5.22. The van der Waals surface area contributed by atoms with Crippen LogP contribution in [0, 0.1) is 5.92 Å². The molecule has 7 nitrogen and oxygen atoms in total. The molecule has 2 rings (SSSR count). The van der Waals surface area contributed by atoms with E-state index in [0.717, 1.165) is 0 Å². The molecule has 4 N–H and O–H groups in total. The molecule has 0 spiro atoms. The fourth-order valence-corrected chi connectivity index (χ4v) is 4.40. The zero-order chi connectivity index (χ0) is 24.6. The van der Waals surface area contributed by atoms with Gasteiger partial charge in [0.15, 0.2) is 0 Å². The van der Waals surface area contributed by atoms with Gasteiger partial charge in [0, 0.05) is 18.9 Å². The van der Waals surface area contributed by atoms with Crippen molar-refractivity contribution in [1.82, 2.24) is 5.32 Å². The molecule has 33 heavy (non-hydrogen) atoms. The fraction of sp³-hybridized carbons (Fsp3) is 0.320. The van der Waals surface area contributed by atoms with E-state index in [1.54, 1.807) is 45.3 Å². The molecule has 2 aromatic carbocycles. The lowest BCUT2D eigenvalue weighted by atomic mass is 9.99. The molecule has 0 aliphatic carbocycles. The molecule has 0 bridgehead atoms. The molecule has 0 heterocycles. The number of aliphatic imine (C=N–C) groups is 1. The zero-order valence-electron chi connectivity index (χ0n) is 20.2. The highest BCUT2D eigenvalue weighted by atomic mass is 28.3. The number of rotatable bonds is 9. The molecule has 2 unspecified atom stereocenters. The largest absolute Gasteiger partial charge is 0.497 e. The Hall–Kier alpha value is -3.39. The summed E-state index contributed by atoms with van der Waals surface area (Å²) in [6.07, 6.45) is 2.88. The van der Waals surface area contributed by atoms with Gasteiger partial charge in [-0.25, -0.2) is 0 Å². The summed E-state index contributed by atoms with van der Waals surface area (Å²) in [7, 11) is 1.74. The van der Waals surface area contributed by atoms with Gasteiger partial charge >= 0.3 is 0 Å². The number of ether oxygens (including phenoxy) is 1. The van der Waals surface area contributed by atoms with Crippen molar-refractivity contribution >= 4 is 37.0 Å². The minimum absolute atomic E-state index is 0.336. The predicted octanol–water partition coefficient (Wildman–Crippen LogP) is 3.22. The molecule has 2 amide bonds. The number of carbonyl (C=O) groups excluding carboxylic acids is 2. The van der Waals surface area contributed by atoms with Gasteiger partial charge in [-0.1, -0.05) is 49.1 Å². The zero-order valence-corrected chi connectivity index (χ0v) is 21.2. The van der Waals surface area contributed by atoms with Gasteiger partial charge < -0.3 is 21.1 Å². The van der Waals surface area contributed by atoms with Crippen LogP contribution in [0.3, 0.4) is 0 Å². The first-order chi connectivity index (χ1) is 15.6. The summed E-state index contributed by atoms with van der Waals surface area (Å²) in [5.74, 6) is -0.601. The average molecular weight is 467 g/mol. The van der Waals surface area contributed by atoms with Crippen LogP contribution in [0.25, 0.3) is 0 Å². The van der Waals surface area contributed by atoms with Crippen molar-refractivity contribution in [3.63, 3.8) is 0 Å². The fourth-order valence-electron chi connectivity index (χ4n) is 3.23. The molecule has 176 valence electrons. The van der Waals surface area contributed by atoms with Gasteiger partial charge in [-0.2, -0.15) is 0 Å². The summed E-state index contributed by atoms with van der Waals surface area (Å²) in [5, 5.41) is 7.08. The van der Waals surface area contributed by atoms with Crippen LogP contribution in [-0.2, 0) is 9.59 Å². The first kappa shape index (κ1) is 25.9. The highest BCUT2D eigenvalue weighted by Gasteiger charge is 2.27. The number of benzene rings is 2. The van der Waals surface area contributed by atoms with Crippen LogP contribution >= 0.6 is 0 Å². The summed E-state index contributed by atoms with van der Waals surface area (Å²) in [5.41, 5.74) is 7.52. The van der Waals surface area contributed by atoms with Gasteiger partial charge in [-0.15, -0.1) is 0 Å². The highest BCUT2D eigenvalue weighted by Crippen LogP contribution is 2.21. The van der Waals surface area contributed by atoms with Crippen LogP contribution in [0.5, 0.6) is 5.75 Å². The van der Waals surface area contributed by atoms with Crippen molar-refractivity contribution in [3.05, 3.63) is 65.9 Å². The molecule has 0 saturated carbocycles. The third-order valence-electron chi connectivity index (χ3n) is 5.38. The maximum Gasteiger partial charge on any atom is 0.251 e. The highest BCUT2D eigenvalue weighted by molar-refractivity contribution is 6.88. The molecule has 0 aliphatic heterocycles. The van der Waals surface area contributed by atoms with E-state index in [4.69, 9.17) is 10.5 Å². The maximum absolute atomic E-state index is 13.3. The predicted molar refractivity (Wildman–Crippen MR) is 138 cm³/mol. The molecule has 8 heteroatoms. The third kappa shape index (κ3) is 7.05. The van der Waals surface area contributed by atoms with Gasteiger partial charge in [0.25, 0.3) is 5.91 Å². The number of nitrogens with two attached hydrogens (primary N) is 1. The second kappa shape index (κ2) is 11.5. The quantitative estimate of drug-likeness (QED) is 0.390. The Morgan fingerprint density at radius 1 is 1.03 bits per heavy atom. The van der Waals surface area contributed by atoms with Crippen LogP contribution in [0.1, 0.15) is 18.5 Å². The number of nitrogens with one attached hydrogen (secondary N) is 2. The monoisotopic (exact) mass is 466 g/mol. The number of nitrogens with zero attached hydrogens (tertiary/aromatic N) is 1. The van der Waals surface area contributed by atoms with E-state index >= 15 is 0 Å². The number of amides is 2. The SMILES string of the molecule is CN=CC(=CN)C(C)C(=O)NC(C(=O)Nc1ccc([Si](C)(C)C)cc1)c1ccc(OC)cc1. The number of methoxy groups -OCH3 is 1. The van der Waals surface area contributed by atoms with Crippen molar-refractivity contribution < 1.29 is 14.3 Å². The Balaban J connectivity index is 2.30. The summed E-state index contributed by atoms with van der Waals surface area (Å²) in [6, 6.07) is 14.0. The van der Waals surface area contributed by atoms with E-state index in [-0.39, 0.29) is 11.8 Å². The van der Waals surface area contributed by atoms with Crippen LogP contribution in [0.4, 0.5) is 5.69 Å². The Labute approximate surface area is 197 Å². The number of hydrogen-bond donors (Lipinski definition) is 3. The van der Waals surface area contributed by atoms with E-state index in [1.165, 1.54) is 17.6 Å². The van der Waals surface area contributed by atoms with Crippen molar-refractivity contribution in [2.24, 2.45) is 16.6 Å². The lowest BCUT2D eigenvalue weighted by molar-refractivity contribution is -0.128. The van der Waals surface area contributed by atoms with E-state index < -0.39 is 20.0 Å². The Bertz CT molecular complexity index is 1010. The van der Waals surface area contributed by atoms with E-state index in [9.17, 15) is 9.59 Å². The molecule has 0 saturated heterocycles. The summed E-state index contributed by atoms with van der Waals surface area (Å²) in [4.78, 5) is 30.2. The molecular formula is C25H34N4O3Si. The van der Waals surface area contributed by atoms with Crippen molar-refractivity contribution in [2.75, 3.05) is 19.5 Å². The topological polar surface area (TPSA) is 106 Å². The molecule has 0 aromatic heterocycles. The van der Waals surface area contributed by atoms with Gasteiger partial charge in [0.1, 0.15) is 11.8 Å². The Kier molecular flexibility index (Phi) is 8.99. The third-order valence-corrected chi connectivity index (χ3v) is 7.45. The molecule has 0 fully saturated rings. The molecule has 0 aliphatic rings. The standard InChI is InChI=1S/C25H34N4O3Si/c1-17(19(15-26)16-27-2)24(30)29-23(18-7-11-21(32-3)12-8-18)25(31)28-20-9-13-22(14-10-20)33(4,5)6/h7-17,23H,26H2,1-6H3,(H,28,31)(H,29,30). The number of anilines is 1. The summed E-state index contributed by atoms with van der Waals surface area (Å²) >= 11 is 0. The number of hydrogen-bond acceptors (Lipinski definition) is 5.